The van der Waals surface area contributed by atoms with Gasteiger partial charge in [0.25, 0.3) is 0 Å². The van der Waals surface area contributed by atoms with Crippen LogP contribution in [0.3, 0.4) is 0 Å². The van der Waals surface area contributed by atoms with Crippen LogP contribution in [0.25, 0.3) is 33.4 Å². The first-order valence-electron chi connectivity index (χ1n) is 10.6. The van der Waals surface area contributed by atoms with Crippen LogP contribution in [-0.2, 0) is 10.1 Å². The summed E-state index contributed by atoms with van der Waals surface area (Å²) >= 11 is 0. The summed E-state index contributed by atoms with van der Waals surface area (Å²) in [5, 5.41) is 16.1. The van der Waals surface area contributed by atoms with Gasteiger partial charge in [0.05, 0.1) is 5.56 Å². The number of carboxylic acid groups (broad SMARTS) is 1. The molecule has 6 N–H and O–H groups in total. The third kappa shape index (κ3) is 3.96. The molecule has 0 atom stereocenters. The van der Waals surface area contributed by atoms with E-state index in [2.05, 4.69) is 0 Å². The summed E-state index contributed by atoms with van der Waals surface area (Å²) in [6.45, 7) is 5.09. The first-order valence-corrected chi connectivity index (χ1v) is 12.0. The Kier molecular flexibility index (Phi) is 5.74. The van der Waals surface area contributed by atoms with E-state index in [1.807, 2.05) is 0 Å². The SMILES string of the molecule is Cc1c(N)ccc2c(-c3ccc(C(=O)C(C)C)cc3C(=O)O)c3ccc(=[NH2+])c(S(=O)(=O)O)c-3oc12. The number of benzene rings is 3. The predicted molar refractivity (Wildman–Crippen MR) is 128 cm³/mol. The number of anilines is 1. The molecule has 0 aromatic heterocycles. The van der Waals surface area contributed by atoms with E-state index >= 15 is 0 Å². The third-order valence-electron chi connectivity index (χ3n) is 5.92. The number of carbonyl (C=O) groups excluding carboxylic acids is 1. The number of fused-ring (bicyclic) bond motifs is 2. The van der Waals surface area contributed by atoms with Crippen LogP contribution in [-0.4, -0.2) is 29.8 Å². The van der Waals surface area contributed by atoms with Crippen LogP contribution in [0.1, 0.15) is 40.1 Å². The number of ketones is 1. The van der Waals surface area contributed by atoms with Crippen molar-refractivity contribution < 1.29 is 37.5 Å². The fraction of sp³-hybridized carbons (Fsp3) is 0.160. The van der Waals surface area contributed by atoms with Crippen molar-refractivity contribution in [3.8, 4) is 22.5 Å². The molecule has 9 nitrogen and oxygen atoms in total. The maximum atomic E-state index is 12.5. The van der Waals surface area contributed by atoms with E-state index in [0.717, 1.165) is 0 Å². The van der Waals surface area contributed by atoms with Crippen molar-refractivity contribution in [1.82, 2.24) is 0 Å². The van der Waals surface area contributed by atoms with Crippen LogP contribution < -0.4 is 16.5 Å². The summed E-state index contributed by atoms with van der Waals surface area (Å²) in [6.07, 6.45) is 0. The van der Waals surface area contributed by atoms with Gasteiger partial charge in [-0.05, 0) is 36.8 Å². The minimum Gasteiger partial charge on any atom is -0.478 e. The lowest BCUT2D eigenvalue weighted by atomic mass is 9.88. The van der Waals surface area contributed by atoms with Crippen molar-refractivity contribution in [1.29, 1.82) is 0 Å². The Labute approximate surface area is 200 Å². The highest BCUT2D eigenvalue weighted by atomic mass is 32.2. The standard InChI is InChI=1S/C25H22N2O7S/c1-11(2)21(28)13-4-5-14(17(10-13)25(29)30)20-15-6-8-18(26)12(3)22(15)34-23-16(20)7-9-19(27)24(23)35(31,32)33/h4-11,27H,26H2,1-3H3,(H,29,30)(H,31,32,33)/p+1. The van der Waals surface area contributed by atoms with E-state index < -0.39 is 21.0 Å². The predicted octanol–water partition coefficient (Wildman–Crippen LogP) is 2.54. The highest BCUT2D eigenvalue weighted by Gasteiger charge is 2.31. The molecule has 2 aromatic rings. The lowest BCUT2D eigenvalue weighted by Crippen LogP contribution is -2.47. The molecule has 4 rings (SSSR count). The number of Topliss-reactive ketones (excluding diaryl/α,β-unsaturated/α-hetero) is 1. The zero-order chi connectivity index (χ0) is 25.8. The molecule has 0 spiro atoms. The fourth-order valence-corrected chi connectivity index (χ4v) is 4.89. The Hall–Kier alpha value is -4.02. The molecule has 1 aliphatic heterocycles. The molecule has 2 aromatic carbocycles. The van der Waals surface area contributed by atoms with Gasteiger partial charge in [0, 0.05) is 45.3 Å². The second kappa shape index (κ2) is 8.33. The first-order chi connectivity index (χ1) is 16.3. The Morgan fingerprint density at radius 1 is 1.06 bits per heavy atom. The quantitative estimate of drug-likeness (QED) is 0.141. The van der Waals surface area contributed by atoms with Gasteiger partial charge in [0.15, 0.2) is 11.5 Å². The molecule has 0 saturated carbocycles. The van der Waals surface area contributed by atoms with E-state index in [-0.39, 0.29) is 50.7 Å². The number of carboxylic acids is 1. The summed E-state index contributed by atoms with van der Waals surface area (Å²) in [7, 11) is -4.82. The summed E-state index contributed by atoms with van der Waals surface area (Å²) in [5.74, 6) is -2.09. The topological polar surface area (TPSA) is 173 Å². The van der Waals surface area contributed by atoms with E-state index in [4.69, 9.17) is 15.6 Å². The Morgan fingerprint density at radius 2 is 1.71 bits per heavy atom. The molecule has 0 fully saturated rings. The second-order valence-electron chi connectivity index (χ2n) is 8.55. The zero-order valence-electron chi connectivity index (χ0n) is 19.1. The fourth-order valence-electron chi connectivity index (χ4n) is 4.14. The molecule has 0 amide bonds. The number of hydrogen-bond acceptors (Lipinski definition) is 6. The second-order valence-corrected chi connectivity index (χ2v) is 9.91. The Balaban J connectivity index is 2.24. The van der Waals surface area contributed by atoms with Gasteiger partial charge >= 0.3 is 16.1 Å². The van der Waals surface area contributed by atoms with Gasteiger partial charge < -0.3 is 15.3 Å². The molecule has 1 aliphatic carbocycles. The molecule has 2 aliphatic rings. The summed E-state index contributed by atoms with van der Waals surface area (Å²) in [6, 6.07) is 10.4. The average molecular weight is 496 g/mol. The van der Waals surface area contributed by atoms with Crippen molar-refractivity contribution >= 4 is 38.5 Å². The number of rotatable bonds is 5. The van der Waals surface area contributed by atoms with Gasteiger partial charge in [0.1, 0.15) is 5.58 Å². The van der Waals surface area contributed by atoms with Gasteiger partial charge in [-0.3, -0.25) is 14.8 Å². The minimum absolute atomic E-state index is 0.162. The summed E-state index contributed by atoms with van der Waals surface area (Å²) in [4.78, 5) is 24.2. The van der Waals surface area contributed by atoms with E-state index in [9.17, 15) is 27.7 Å². The Morgan fingerprint density at radius 3 is 2.31 bits per heavy atom. The maximum absolute atomic E-state index is 12.5. The van der Waals surface area contributed by atoms with Crippen molar-refractivity contribution in [2.45, 2.75) is 25.7 Å². The molecule has 180 valence electrons. The normalized spacial score (nSPS) is 11.9. The number of carbonyl (C=O) groups is 2. The lowest BCUT2D eigenvalue weighted by Gasteiger charge is -2.19. The van der Waals surface area contributed by atoms with E-state index in [0.29, 0.717) is 22.2 Å². The van der Waals surface area contributed by atoms with Crippen molar-refractivity contribution in [3.05, 3.63) is 64.5 Å². The average Bonchev–Trinajstić information content (AvgIpc) is 2.78. The molecule has 0 radical (unpaired) electrons. The van der Waals surface area contributed by atoms with E-state index in [1.165, 1.54) is 30.3 Å². The van der Waals surface area contributed by atoms with Gasteiger partial charge in [-0.1, -0.05) is 26.0 Å². The monoisotopic (exact) mass is 495 g/mol. The molecule has 0 bridgehead atoms. The van der Waals surface area contributed by atoms with Gasteiger partial charge in [-0.25, -0.2) is 4.79 Å². The third-order valence-corrected chi connectivity index (χ3v) is 6.86. The number of nitrogens with two attached hydrogens (primary N) is 2. The van der Waals surface area contributed by atoms with Crippen LogP contribution in [0, 0.1) is 12.8 Å². The van der Waals surface area contributed by atoms with Crippen LogP contribution >= 0.6 is 0 Å². The summed E-state index contributed by atoms with van der Waals surface area (Å²) in [5.41, 5.74) is 7.92. The highest BCUT2D eigenvalue weighted by Crippen LogP contribution is 2.44. The largest absolute Gasteiger partial charge is 0.478 e. The first kappa shape index (κ1) is 24.1. The van der Waals surface area contributed by atoms with Gasteiger partial charge in [-0.2, -0.15) is 8.42 Å². The molecular weight excluding hydrogens is 472 g/mol. The summed E-state index contributed by atoms with van der Waals surface area (Å²) < 4.78 is 40.3. The molecule has 35 heavy (non-hydrogen) atoms. The van der Waals surface area contributed by atoms with Crippen molar-refractivity contribution in [3.63, 3.8) is 0 Å². The molecule has 0 unspecified atom stereocenters. The van der Waals surface area contributed by atoms with Crippen LogP contribution in [0.2, 0.25) is 0 Å². The van der Waals surface area contributed by atoms with Gasteiger partial charge in [-0.15, -0.1) is 0 Å². The number of aromatic carboxylic acids is 1. The molecule has 1 heterocycles. The highest BCUT2D eigenvalue weighted by molar-refractivity contribution is 7.86. The van der Waals surface area contributed by atoms with Crippen molar-refractivity contribution in [2.24, 2.45) is 5.92 Å². The zero-order valence-corrected chi connectivity index (χ0v) is 19.9. The number of hydrogen-bond donors (Lipinski definition) is 4. The number of nitrogen functional groups attached to an aromatic ring is 1. The van der Waals surface area contributed by atoms with E-state index in [1.54, 1.807) is 32.9 Å². The van der Waals surface area contributed by atoms with Gasteiger partial charge in [0.2, 0.25) is 10.3 Å². The van der Waals surface area contributed by atoms with Crippen LogP contribution in [0.4, 0.5) is 5.69 Å². The lowest BCUT2D eigenvalue weighted by molar-refractivity contribution is -0.176. The molecular formula is C25H23N2O7S+. The van der Waals surface area contributed by atoms with Crippen molar-refractivity contribution in [2.75, 3.05) is 5.73 Å². The Bertz CT molecular complexity index is 1680. The molecule has 0 saturated heterocycles. The number of aryl methyl sites for hydroxylation is 1. The molecule has 10 heteroatoms. The smallest absolute Gasteiger partial charge is 0.336 e. The van der Waals surface area contributed by atoms with Crippen LogP contribution in [0.15, 0.2) is 51.8 Å². The van der Waals surface area contributed by atoms with Crippen LogP contribution in [0.5, 0.6) is 0 Å². The maximum Gasteiger partial charge on any atom is 0.336 e. The minimum atomic E-state index is -4.82.